The molecule has 1 heterocycles. The van der Waals surface area contributed by atoms with Crippen LogP contribution in [-0.2, 0) is 13.2 Å². The predicted octanol–water partition coefficient (Wildman–Crippen LogP) is 3.33. The number of aromatic amines is 1. The van der Waals surface area contributed by atoms with Gasteiger partial charge in [-0.1, -0.05) is 11.6 Å². The Morgan fingerprint density at radius 3 is 3.00 bits per heavy atom. The van der Waals surface area contributed by atoms with Crippen LogP contribution in [0.1, 0.15) is 12.7 Å². The molecule has 1 aromatic carbocycles. The van der Waals surface area contributed by atoms with E-state index in [0.717, 1.165) is 0 Å². The molecule has 0 radical (unpaired) electrons. The van der Waals surface area contributed by atoms with E-state index >= 15 is 0 Å². The monoisotopic (exact) mass is 287 g/mol. The Morgan fingerprint density at radius 2 is 2.33 bits per heavy atom. The van der Waals surface area contributed by atoms with Crippen LogP contribution in [-0.4, -0.2) is 14.8 Å². The number of aromatic nitrogens is 3. The van der Waals surface area contributed by atoms with Gasteiger partial charge in [-0.15, -0.1) is 0 Å². The molecule has 1 N–H and O–H groups in total. The first-order valence-electron chi connectivity index (χ1n) is 5.33. The molecule has 4 nitrogen and oxygen atoms in total. The maximum Gasteiger partial charge on any atom is 0.195 e. The zero-order valence-electron chi connectivity index (χ0n) is 9.61. The predicted molar refractivity (Wildman–Crippen MR) is 68.8 cm³/mol. The van der Waals surface area contributed by atoms with Crippen LogP contribution in [0, 0.1) is 10.6 Å². The molecule has 1 aromatic heterocycles. The molecule has 0 aliphatic rings. The van der Waals surface area contributed by atoms with Gasteiger partial charge in [0.15, 0.2) is 10.6 Å². The molecule has 7 heteroatoms. The van der Waals surface area contributed by atoms with E-state index < -0.39 is 5.82 Å². The highest BCUT2D eigenvalue weighted by Crippen LogP contribution is 2.21. The minimum absolute atomic E-state index is 0.0295. The van der Waals surface area contributed by atoms with Gasteiger partial charge in [0.2, 0.25) is 0 Å². The summed E-state index contributed by atoms with van der Waals surface area (Å²) in [6.45, 7) is 2.91. The van der Waals surface area contributed by atoms with Crippen molar-refractivity contribution in [3.8, 4) is 5.75 Å². The van der Waals surface area contributed by atoms with Crippen LogP contribution in [0.3, 0.4) is 0 Å². The second-order valence-corrected chi connectivity index (χ2v) is 4.35. The van der Waals surface area contributed by atoms with E-state index in [0.29, 0.717) is 22.9 Å². The number of halogens is 2. The van der Waals surface area contributed by atoms with Crippen LogP contribution in [0.2, 0.25) is 5.02 Å². The zero-order chi connectivity index (χ0) is 13.1. The maximum atomic E-state index is 13.0. The van der Waals surface area contributed by atoms with Crippen molar-refractivity contribution in [1.29, 1.82) is 0 Å². The third-order valence-corrected chi connectivity index (χ3v) is 3.01. The van der Waals surface area contributed by atoms with Gasteiger partial charge >= 0.3 is 0 Å². The fourth-order valence-corrected chi connectivity index (χ4v) is 1.95. The summed E-state index contributed by atoms with van der Waals surface area (Å²) in [5.74, 6) is 0.696. The van der Waals surface area contributed by atoms with E-state index in [4.69, 9.17) is 28.6 Å². The van der Waals surface area contributed by atoms with Crippen LogP contribution in [0.25, 0.3) is 0 Å². The molecule has 2 aromatic rings. The molecule has 96 valence electrons. The molecule has 2 rings (SSSR count). The molecule has 0 atom stereocenters. The van der Waals surface area contributed by atoms with Gasteiger partial charge in [0.25, 0.3) is 0 Å². The lowest BCUT2D eigenvalue weighted by molar-refractivity contribution is 0.289. The second kappa shape index (κ2) is 5.49. The van der Waals surface area contributed by atoms with Gasteiger partial charge in [-0.05, 0) is 31.3 Å². The van der Waals surface area contributed by atoms with E-state index in [-0.39, 0.29) is 11.6 Å². The Balaban J connectivity index is 2.11. The van der Waals surface area contributed by atoms with E-state index in [1.807, 2.05) is 11.5 Å². The minimum Gasteiger partial charge on any atom is -0.486 e. The van der Waals surface area contributed by atoms with Gasteiger partial charge in [-0.2, -0.15) is 5.10 Å². The zero-order valence-corrected chi connectivity index (χ0v) is 11.2. The van der Waals surface area contributed by atoms with Gasteiger partial charge in [0.1, 0.15) is 18.2 Å². The van der Waals surface area contributed by atoms with Crippen LogP contribution in [0.5, 0.6) is 5.75 Å². The molecule has 18 heavy (non-hydrogen) atoms. The number of H-pyrrole nitrogens is 1. The van der Waals surface area contributed by atoms with Crippen LogP contribution < -0.4 is 4.74 Å². The van der Waals surface area contributed by atoms with Crippen molar-refractivity contribution in [1.82, 2.24) is 14.8 Å². The lowest BCUT2D eigenvalue weighted by atomic mass is 10.3. The summed E-state index contributed by atoms with van der Waals surface area (Å²) in [7, 11) is 0. The number of nitrogens with zero attached hydrogens (tertiary/aromatic N) is 2. The molecule has 0 aliphatic heterocycles. The van der Waals surface area contributed by atoms with Crippen molar-refractivity contribution in [3.63, 3.8) is 0 Å². The van der Waals surface area contributed by atoms with Crippen LogP contribution in [0.4, 0.5) is 4.39 Å². The standard InChI is InChI=1S/C11H11ClFN3OS/c1-2-16-10(14-15-11(16)18)6-17-7-3-4-9(13)8(12)5-7/h3-5H,2,6H2,1H3,(H,15,18). The molecule has 0 fully saturated rings. The van der Waals surface area contributed by atoms with Crippen molar-refractivity contribution >= 4 is 23.8 Å². The molecule has 0 saturated carbocycles. The number of rotatable bonds is 4. The molecule has 0 aliphatic carbocycles. The number of hydrogen-bond donors (Lipinski definition) is 1. The number of hydrogen-bond acceptors (Lipinski definition) is 3. The summed E-state index contributed by atoms with van der Waals surface area (Å²) in [6, 6.07) is 4.20. The number of ether oxygens (including phenoxy) is 1. The van der Waals surface area contributed by atoms with Crippen LogP contribution >= 0.6 is 23.8 Å². The molecule has 0 bridgehead atoms. The molecular weight excluding hydrogens is 277 g/mol. The Bertz CT molecular complexity index is 611. The van der Waals surface area contributed by atoms with E-state index in [2.05, 4.69) is 10.2 Å². The summed E-state index contributed by atoms with van der Waals surface area (Å²) in [6.07, 6.45) is 0. The first kappa shape index (κ1) is 13.0. The minimum atomic E-state index is -0.472. The molecule has 0 saturated heterocycles. The highest BCUT2D eigenvalue weighted by atomic mass is 35.5. The molecule has 0 spiro atoms. The average Bonchev–Trinajstić information content (AvgIpc) is 2.71. The third-order valence-electron chi connectivity index (χ3n) is 2.41. The summed E-state index contributed by atoms with van der Waals surface area (Å²) >= 11 is 10.7. The van der Waals surface area contributed by atoms with Gasteiger partial charge < -0.3 is 9.30 Å². The van der Waals surface area contributed by atoms with Gasteiger partial charge in [-0.3, -0.25) is 5.10 Å². The number of nitrogens with one attached hydrogen (secondary N) is 1. The maximum absolute atomic E-state index is 13.0. The fraction of sp³-hybridized carbons (Fsp3) is 0.273. The van der Waals surface area contributed by atoms with Gasteiger partial charge in [0.05, 0.1) is 5.02 Å². The highest BCUT2D eigenvalue weighted by Gasteiger charge is 2.06. The first-order chi connectivity index (χ1) is 8.61. The third kappa shape index (κ3) is 2.70. The highest BCUT2D eigenvalue weighted by molar-refractivity contribution is 7.71. The fourth-order valence-electron chi connectivity index (χ4n) is 1.50. The largest absolute Gasteiger partial charge is 0.486 e. The van der Waals surface area contributed by atoms with Crippen molar-refractivity contribution in [2.24, 2.45) is 0 Å². The second-order valence-electron chi connectivity index (χ2n) is 3.55. The molecule has 0 unspecified atom stereocenters. The Morgan fingerprint density at radius 1 is 1.56 bits per heavy atom. The Kier molecular flexibility index (Phi) is 3.98. The van der Waals surface area contributed by atoms with Gasteiger partial charge in [0, 0.05) is 12.6 Å². The SMILES string of the molecule is CCn1c(COc2ccc(F)c(Cl)c2)n[nH]c1=S. The smallest absolute Gasteiger partial charge is 0.195 e. The van der Waals surface area contributed by atoms with E-state index in [1.165, 1.54) is 18.2 Å². The van der Waals surface area contributed by atoms with E-state index in [9.17, 15) is 4.39 Å². The lowest BCUT2D eigenvalue weighted by Gasteiger charge is -2.07. The van der Waals surface area contributed by atoms with Crippen molar-refractivity contribution in [3.05, 3.63) is 39.6 Å². The molecule has 0 amide bonds. The topological polar surface area (TPSA) is 42.8 Å². The first-order valence-corrected chi connectivity index (χ1v) is 6.12. The van der Waals surface area contributed by atoms with Gasteiger partial charge in [-0.25, -0.2) is 4.39 Å². The normalized spacial score (nSPS) is 10.6. The van der Waals surface area contributed by atoms with Crippen molar-refractivity contribution in [2.75, 3.05) is 0 Å². The van der Waals surface area contributed by atoms with Crippen molar-refractivity contribution < 1.29 is 9.13 Å². The number of benzene rings is 1. The van der Waals surface area contributed by atoms with Crippen LogP contribution in [0.15, 0.2) is 18.2 Å². The van der Waals surface area contributed by atoms with Crippen molar-refractivity contribution in [2.45, 2.75) is 20.1 Å². The van der Waals surface area contributed by atoms with E-state index in [1.54, 1.807) is 0 Å². The Hall–Kier alpha value is -1.40. The summed E-state index contributed by atoms with van der Waals surface area (Å²) in [5, 5.41) is 6.78. The summed E-state index contributed by atoms with van der Waals surface area (Å²) < 4.78 is 20.8. The lowest BCUT2D eigenvalue weighted by Crippen LogP contribution is -2.06. The molecular formula is C11H11ClFN3OS. The summed E-state index contributed by atoms with van der Waals surface area (Å²) in [4.78, 5) is 0. The Labute approximate surface area is 113 Å². The quantitative estimate of drug-likeness (QED) is 0.877. The summed E-state index contributed by atoms with van der Waals surface area (Å²) in [5.41, 5.74) is 0. The average molecular weight is 288 g/mol.